The summed E-state index contributed by atoms with van der Waals surface area (Å²) < 4.78 is 10.9. The molecule has 2 N–H and O–H groups in total. The molecule has 1 heterocycles. The number of benzene rings is 1. The van der Waals surface area contributed by atoms with Crippen molar-refractivity contribution in [1.29, 1.82) is 0 Å². The summed E-state index contributed by atoms with van der Waals surface area (Å²) in [4.78, 5) is 7.13. The summed E-state index contributed by atoms with van der Waals surface area (Å²) in [6.45, 7) is 5.34. The minimum Gasteiger partial charge on any atom is -0.493 e. The maximum absolute atomic E-state index is 10.1. The molecule has 0 saturated heterocycles. The summed E-state index contributed by atoms with van der Waals surface area (Å²) in [7, 11) is 3.34. The van der Waals surface area contributed by atoms with Crippen molar-refractivity contribution < 1.29 is 14.6 Å². The van der Waals surface area contributed by atoms with Crippen LogP contribution in [0.25, 0.3) is 0 Å². The van der Waals surface area contributed by atoms with Crippen molar-refractivity contribution in [3.05, 3.63) is 23.3 Å². The molecular weight excluding hydrogens is 330 g/mol. The van der Waals surface area contributed by atoms with Gasteiger partial charge in [0.1, 0.15) is 0 Å². The Labute approximate surface area is 156 Å². The van der Waals surface area contributed by atoms with E-state index in [4.69, 9.17) is 14.5 Å². The minimum absolute atomic E-state index is 0.194. The third-order valence-corrected chi connectivity index (χ3v) is 5.45. The minimum atomic E-state index is -0.194. The Kier molecular flexibility index (Phi) is 6.25. The number of hydrogen-bond acceptors (Lipinski definition) is 4. The van der Waals surface area contributed by atoms with Gasteiger partial charge in [0.15, 0.2) is 17.5 Å². The van der Waals surface area contributed by atoms with E-state index in [0.717, 1.165) is 62.8 Å². The standard InChI is InChI=1S/C20H31N3O3/c1-4-21-20(22-12-15-6-5-7-17(15)24)23-9-8-14-10-18(25-2)19(26-3)11-16(14)13-23/h10-11,15,17,24H,4-9,12-13H2,1-3H3,(H,21,22). The summed E-state index contributed by atoms with van der Waals surface area (Å²) in [5, 5.41) is 13.5. The van der Waals surface area contributed by atoms with Crippen LogP contribution < -0.4 is 14.8 Å². The lowest BCUT2D eigenvalue weighted by Crippen LogP contribution is -2.44. The molecule has 2 unspecified atom stereocenters. The van der Waals surface area contributed by atoms with Crippen LogP contribution in [0.5, 0.6) is 11.5 Å². The van der Waals surface area contributed by atoms with Crippen LogP contribution in [0.4, 0.5) is 0 Å². The molecule has 2 aliphatic rings. The molecule has 1 fully saturated rings. The number of aliphatic hydroxyl groups excluding tert-OH is 1. The van der Waals surface area contributed by atoms with Crippen LogP contribution in [0.15, 0.2) is 17.1 Å². The van der Waals surface area contributed by atoms with Gasteiger partial charge in [-0.3, -0.25) is 4.99 Å². The first kappa shape index (κ1) is 18.8. The maximum Gasteiger partial charge on any atom is 0.194 e. The molecule has 2 atom stereocenters. The predicted molar refractivity (Wildman–Crippen MR) is 103 cm³/mol. The smallest absolute Gasteiger partial charge is 0.194 e. The van der Waals surface area contributed by atoms with E-state index < -0.39 is 0 Å². The molecule has 3 rings (SSSR count). The molecule has 6 nitrogen and oxygen atoms in total. The van der Waals surface area contributed by atoms with Crippen molar-refractivity contribution >= 4 is 5.96 Å². The zero-order valence-corrected chi connectivity index (χ0v) is 16.1. The maximum atomic E-state index is 10.1. The number of fused-ring (bicyclic) bond motifs is 1. The number of methoxy groups -OCH3 is 2. The summed E-state index contributed by atoms with van der Waals surface area (Å²) in [6.07, 6.45) is 3.85. The summed E-state index contributed by atoms with van der Waals surface area (Å²) in [5.74, 6) is 2.79. The summed E-state index contributed by atoms with van der Waals surface area (Å²) >= 11 is 0. The predicted octanol–water partition coefficient (Wildman–Crippen LogP) is 2.19. The first-order valence-electron chi connectivity index (χ1n) is 9.61. The molecule has 144 valence electrons. The topological polar surface area (TPSA) is 66.3 Å². The summed E-state index contributed by atoms with van der Waals surface area (Å²) in [5.41, 5.74) is 2.56. The van der Waals surface area contributed by atoms with Gasteiger partial charge in [0.05, 0.1) is 20.3 Å². The van der Waals surface area contributed by atoms with E-state index in [1.165, 1.54) is 11.1 Å². The molecule has 0 amide bonds. The fraction of sp³-hybridized carbons (Fsp3) is 0.650. The zero-order chi connectivity index (χ0) is 18.5. The van der Waals surface area contributed by atoms with Gasteiger partial charge in [0.25, 0.3) is 0 Å². The average molecular weight is 361 g/mol. The third-order valence-electron chi connectivity index (χ3n) is 5.45. The normalized spacial score (nSPS) is 22.9. The highest BCUT2D eigenvalue weighted by Gasteiger charge is 2.26. The van der Waals surface area contributed by atoms with Crippen LogP contribution in [-0.2, 0) is 13.0 Å². The zero-order valence-electron chi connectivity index (χ0n) is 16.1. The van der Waals surface area contributed by atoms with Crippen LogP contribution >= 0.6 is 0 Å². The Bertz CT molecular complexity index is 647. The Morgan fingerprint density at radius 3 is 2.58 bits per heavy atom. The Morgan fingerprint density at radius 1 is 1.23 bits per heavy atom. The summed E-state index contributed by atoms with van der Waals surface area (Å²) in [6, 6.07) is 4.16. The van der Waals surface area contributed by atoms with Crippen molar-refractivity contribution in [2.75, 3.05) is 33.9 Å². The Morgan fingerprint density at radius 2 is 1.96 bits per heavy atom. The van der Waals surface area contributed by atoms with E-state index in [2.05, 4.69) is 29.3 Å². The average Bonchev–Trinajstić information content (AvgIpc) is 3.08. The number of nitrogens with one attached hydrogen (secondary N) is 1. The molecule has 0 radical (unpaired) electrons. The number of nitrogens with zero attached hydrogens (tertiary/aromatic N) is 2. The molecule has 26 heavy (non-hydrogen) atoms. The highest BCUT2D eigenvalue weighted by molar-refractivity contribution is 5.80. The third kappa shape index (κ3) is 4.06. The molecule has 1 aliphatic carbocycles. The number of aliphatic hydroxyl groups is 1. The van der Waals surface area contributed by atoms with Gasteiger partial charge in [-0.1, -0.05) is 6.42 Å². The quantitative estimate of drug-likeness (QED) is 0.622. The van der Waals surface area contributed by atoms with Gasteiger partial charge in [0, 0.05) is 32.1 Å². The van der Waals surface area contributed by atoms with E-state index in [1.54, 1.807) is 14.2 Å². The van der Waals surface area contributed by atoms with E-state index in [-0.39, 0.29) is 6.10 Å². The molecule has 0 aromatic heterocycles. The van der Waals surface area contributed by atoms with Crippen molar-refractivity contribution in [2.45, 2.75) is 45.3 Å². The lowest BCUT2D eigenvalue weighted by Gasteiger charge is -2.32. The second kappa shape index (κ2) is 8.62. The fourth-order valence-corrected chi connectivity index (χ4v) is 3.92. The van der Waals surface area contributed by atoms with Gasteiger partial charge in [-0.25, -0.2) is 0 Å². The van der Waals surface area contributed by atoms with Crippen LogP contribution in [0.1, 0.15) is 37.3 Å². The second-order valence-corrected chi connectivity index (χ2v) is 7.10. The van der Waals surface area contributed by atoms with E-state index in [9.17, 15) is 5.11 Å². The fourth-order valence-electron chi connectivity index (χ4n) is 3.92. The number of ether oxygens (including phenoxy) is 2. The number of aliphatic imine (C=N–C) groups is 1. The Hall–Kier alpha value is -1.95. The van der Waals surface area contributed by atoms with Crippen molar-refractivity contribution in [2.24, 2.45) is 10.9 Å². The van der Waals surface area contributed by atoms with Gasteiger partial charge < -0.3 is 24.8 Å². The van der Waals surface area contributed by atoms with Crippen molar-refractivity contribution in [1.82, 2.24) is 10.2 Å². The van der Waals surface area contributed by atoms with Crippen LogP contribution in [0, 0.1) is 5.92 Å². The lowest BCUT2D eigenvalue weighted by molar-refractivity contribution is 0.136. The highest BCUT2D eigenvalue weighted by atomic mass is 16.5. The molecular formula is C20H31N3O3. The van der Waals surface area contributed by atoms with E-state index in [1.807, 2.05) is 0 Å². The lowest BCUT2D eigenvalue weighted by atomic mass is 9.99. The largest absolute Gasteiger partial charge is 0.493 e. The first-order chi connectivity index (χ1) is 12.7. The van der Waals surface area contributed by atoms with E-state index >= 15 is 0 Å². The van der Waals surface area contributed by atoms with Gasteiger partial charge >= 0.3 is 0 Å². The second-order valence-electron chi connectivity index (χ2n) is 7.10. The number of rotatable bonds is 5. The number of hydrogen-bond donors (Lipinski definition) is 2. The van der Waals surface area contributed by atoms with Crippen LogP contribution in [0.3, 0.4) is 0 Å². The SMILES string of the molecule is CCNC(=NCC1CCCC1O)N1CCc2cc(OC)c(OC)cc2C1. The molecule has 1 aromatic carbocycles. The first-order valence-corrected chi connectivity index (χ1v) is 9.61. The molecule has 1 saturated carbocycles. The van der Waals surface area contributed by atoms with Crippen LogP contribution in [0.2, 0.25) is 0 Å². The Balaban J connectivity index is 1.75. The molecule has 6 heteroatoms. The van der Waals surface area contributed by atoms with Gasteiger partial charge in [0.2, 0.25) is 0 Å². The molecule has 1 aromatic rings. The molecule has 0 bridgehead atoms. The monoisotopic (exact) mass is 361 g/mol. The molecule has 0 spiro atoms. The van der Waals surface area contributed by atoms with Crippen molar-refractivity contribution in [3.63, 3.8) is 0 Å². The van der Waals surface area contributed by atoms with E-state index in [0.29, 0.717) is 12.5 Å². The number of guanidine groups is 1. The van der Waals surface area contributed by atoms with Gasteiger partial charge in [-0.2, -0.15) is 0 Å². The van der Waals surface area contributed by atoms with Crippen LogP contribution in [-0.4, -0.2) is 55.9 Å². The molecule has 1 aliphatic heterocycles. The van der Waals surface area contributed by atoms with Crippen molar-refractivity contribution in [3.8, 4) is 11.5 Å². The van der Waals surface area contributed by atoms with Gasteiger partial charge in [-0.15, -0.1) is 0 Å². The van der Waals surface area contributed by atoms with Gasteiger partial charge in [-0.05, 0) is 49.4 Å². The highest BCUT2D eigenvalue weighted by Crippen LogP contribution is 2.33.